The summed E-state index contributed by atoms with van der Waals surface area (Å²) < 4.78 is 26.2. The van der Waals surface area contributed by atoms with E-state index in [9.17, 15) is 9.18 Å². The van der Waals surface area contributed by atoms with Gasteiger partial charge in [-0.25, -0.2) is 9.38 Å². The molecular weight excluding hydrogens is 413 g/mol. The Balaban J connectivity index is 1.59. The molecule has 1 aromatic heterocycles. The molecule has 166 valence electrons. The van der Waals surface area contributed by atoms with Crippen molar-refractivity contribution >= 4 is 17.6 Å². The number of rotatable bonds is 5. The normalized spacial score (nSPS) is 12.7. The van der Waals surface area contributed by atoms with Crippen molar-refractivity contribution in [2.24, 2.45) is 4.99 Å². The standard InChI is InChI=1S/C23H24FN5O3/c1-4-29-15(3)19(14(2)28-29)12-25-23(26-18-7-5-6-17(24)11-18)27-22(30)16-8-9-20-21(10-16)32-13-31-20/h5-11H,4,12-13H2,1-3H3,(H2,25,26,27,30). The van der Waals surface area contributed by atoms with E-state index in [0.717, 1.165) is 23.5 Å². The van der Waals surface area contributed by atoms with Crippen LogP contribution in [0.15, 0.2) is 47.5 Å². The van der Waals surface area contributed by atoms with Crippen LogP contribution in [0.4, 0.5) is 10.1 Å². The molecule has 2 aromatic carbocycles. The quantitative estimate of drug-likeness (QED) is 0.468. The minimum absolute atomic E-state index is 0.123. The molecule has 0 saturated carbocycles. The van der Waals surface area contributed by atoms with Crippen molar-refractivity contribution in [3.8, 4) is 11.5 Å². The third-order valence-corrected chi connectivity index (χ3v) is 5.18. The predicted octanol–water partition coefficient (Wildman–Crippen LogP) is 3.79. The number of halogens is 1. The van der Waals surface area contributed by atoms with Gasteiger partial charge in [-0.05, 0) is 57.2 Å². The van der Waals surface area contributed by atoms with Gasteiger partial charge in [-0.3, -0.25) is 14.8 Å². The first-order chi connectivity index (χ1) is 15.4. The second-order valence-corrected chi connectivity index (χ2v) is 7.29. The first-order valence-corrected chi connectivity index (χ1v) is 10.3. The average molecular weight is 437 g/mol. The summed E-state index contributed by atoms with van der Waals surface area (Å²) >= 11 is 0. The highest BCUT2D eigenvalue weighted by Gasteiger charge is 2.18. The SMILES string of the molecule is CCn1nc(C)c(CN=C(NC(=O)c2ccc3c(c2)OCO3)Nc2cccc(F)c2)c1C. The van der Waals surface area contributed by atoms with E-state index in [-0.39, 0.29) is 18.7 Å². The summed E-state index contributed by atoms with van der Waals surface area (Å²) in [6.45, 7) is 7.11. The number of amides is 1. The van der Waals surface area contributed by atoms with Crippen molar-refractivity contribution in [1.82, 2.24) is 15.1 Å². The summed E-state index contributed by atoms with van der Waals surface area (Å²) in [5.74, 6) is 0.511. The second-order valence-electron chi connectivity index (χ2n) is 7.29. The van der Waals surface area contributed by atoms with Gasteiger partial charge >= 0.3 is 0 Å². The number of aromatic nitrogens is 2. The van der Waals surface area contributed by atoms with Gasteiger partial charge in [0.2, 0.25) is 12.8 Å². The van der Waals surface area contributed by atoms with E-state index in [2.05, 4.69) is 20.7 Å². The average Bonchev–Trinajstić information content (AvgIpc) is 3.35. The predicted molar refractivity (Wildman–Crippen MR) is 119 cm³/mol. The van der Waals surface area contributed by atoms with Gasteiger partial charge in [0.25, 0.3) is 5.91 Å². The number of carbonyl (C=O) groups excluding carboxylic acids is 1. The van der Waals surface area contributed by atoms with Crippen LogP contribution in [-0.4, -0.2) is 28.4 Å². The molecule has 1 aliphatic heterocycles. The summed E-state index contributed by atoms with van der Waals surface area (Å²) in [5, 5.41) is 10.3. The van der Waals surface area contributed by atoms with E-state index >= 15 is 0 Å². The molecule has 0 fully saturated rings. The zero-order valence-electron chi connectivity index (χ0n) is 18.1. The molecule has 1 aliphatic rings. The molecule has 4 rings (SSSR count). The van der Waals surface area contributed by atoms with Crippen LogP contribution in [0.3, 0.4) is 0 Å². The molecule has 2 N–H and O–H groups in total. The van der Waals surface area contributed by atoms with Gasteiger partial charge in [-0.2, -0.15) is 5.10 Å². The largest absolute Gasteiger partial charge is 0.454 e. The fourth-order valence-corrected chi connectivity index (χ4v) is 3.46. The van der Waals surface area contributed by atoms with E-state index in [1.807, 2.05) is 25.5 Å². The van der Waals surface area contributed by atoms with Crippen molar-refractivity contribution in [1.29, 1.82) is 0 Å². The van der Waals surface area contributed by atoms with Crippen LogP contribution < -0.4 is 20.1 Å². The Morgan fingerprint density at radius 3 is 2.75 bits per heavy atom. The van der Waals surface area contributed by atoms with Crippen molar-refractivity contribution in [2.75, 3.05) is 12.1 Å². The smallest absolute Gasteiger partial charge is 0.258 e. The molecule has 0 unspecified atom stereocenters. The number of nitrogens with one attached hydrogen (secondary N) is 2. The van der Waals surface area contributed by atoms with Crippen molar-refractivity contribution in [3.05, 3.63) is 70.8 Å². The van der Waals surface area contributed by atoms with Gasteiger partial charge in [0.15, 0.2) is 11.5 Å². The Hall–Kier alpha value is -3.88. The van der Waals surface area contributed by atoms with Gasteiger partial charge in [0.05, 0.1) is 12.2 Å². The number of carbonyl (C=O) groups is 1. The Bertz CT molecular complexity index is 1190. The lowest BCUT2D eigenvalue weighted by molar-refractivity contribution is 0.0976. The van der Waals surface area contributed by atoms with Gasteiger partial charge in [-0.1, -0.05) is 6.07 Å². The number of ether oxygens (including phenoxy) is 2. The summed E-state index contributed by atoms with van der Waals surface area (Å²) in [6.07, 6.45) is 0. The van der Waals surface area contributed by atoms with Gasteiger partial charge in [0.1, 0.15) is 5.82 Å². The lowest BCUT2D eigenvalue weighted by Gasteiger charge is -2.12. The number of guanidine groups is 1. The van der Waals surface area contributed by atoms with Crippen LogP contribution in [0, 0.1) is 19.7 Å². The molecule has 2 heterocycles. The monoisotopic (exact) mass is 437 g/mol. The summed E-state index contributed by atoms with van der Waals surface area (Å²) in [6, 6.07) is 10.9. The Morgan fingerprint density at radius 2 is 2.00 bits per heavy atom. The molecule has 0 atom stereocenters. The van der Waals surface area contributed by atoms with Crippen LogP contribution in [0.2, 0.25) is 0 Å². The number of nitrogens with zero attached hydrogens (tertiary/aromatic N) is 3. The van der Waals surface area contributed by atoms with Crippen LogP contribution in [0.1, 0.15) is 34.2 Å². The number of hydrogen-bond acceptors (Lipinski definition) is 5. The molecule has 0 aliphatic carbocycles. The molecule has 3 aromatic rings. The van der Waals surface area contributed by atoms with E-state index in [1.54, 1.807) is 30.3 Å². The first kappa shape index (κ1) is 21.4. The second kappa shape index (κ2) is 9.09. The fourth-order valence-electron chi connectivity index (χ4n) is 3.46. The lowest BCUT2D eigenvalue weighted by Crippen LogP contribution is -2.36. The van der Waals surface area contributed by atoms with Crippen LogP contribution in [0.5, 0.6) is 11.5 Å². The van der Waals surface area contributed by atoms with Crippen molar-refractivity contribution in [3.63, 3.8) is 0 Å². The number of aryl methyl sites for hydroxylation is 2. The minimum Gasteiger partial charge on any atom is -0.454 e. The number of fused-ring (bicyclic) bond motifs is 1. The maximum absolute atomic E-state index is 13.7. The number of benzene rings is 2. The third-order valence-electron chi connectivity index (χ3n) is 5.18. The van der Waals surface area contributed by atoms with Crippen LogP contribution in [0.25, 0.3) is 0 Å². The van der Waals surface area contributed by atoms with Gasteiger partial charge in [0, 0.05) is 29.1 Å². The molecule has 0 saturated heterocycles. The molecule has 9 heteroatoms. The Labute approximate surface area is 185 Å². The highest BCUT2D eigenvalue weighted by molar-refractivity contribution is 6.10. The highest BCUT2D eigenvalue weighted by Crippen LogP contribution is 2.32. The Kier molecular flexibility index (Phi) is 6.07. The summed E-state index contributed by atoms with van der Waals surface area (Å²) in [7, 11) is 0. The van der Waals surface area contributed by atoms with Crippen molar-refractivity contribution in [2.45, 2.75) is 33.9 Å². The fraction of sp³-hybridized carbons (Fsp3) is 0.261. The number of anilines is 1. The minimum atomic E-state index is -0.396. The van der Waals surface area contributed by atoms with Gasteiger partial charge in [-0.15, -0.1) is 0 Å². The maximum atomic E-state index is 13.7. The number of aliphatic imine (C=N–C) groups is 1. The molecule has 0 bridgehead atoms. The summed E-state index contributed by atoms with van der Waals surface area (Å²) in [4.78, 5) is 17.5. The van der Waals surface area contributed by atoms with E-state index in [4.69, 9.17) is 9.47 Å². The molecule has 0 spiro atoms. The van der Waals surface area contributed by atoms with Crippen LogP contribution >= 0.6 is 0 Å². The van der Waals surface area contributed by atoms with Crippen LogP contribution in [-0.2, 0) is 13.1 Å². The topological polar surface area (TPSA) is 89.8 Å². The summed E-state index contributed by atoms with van der Waals surface area (Å²) in [5.41, 5.74) is 3.71. The molecule has 32 heavy (non-hydrogen) atoms. The zero-order valence-corrected chi connectivity index (χ0v) is 18.1. The van der Waals surface area contributed by atoms with Crippen molar-refractivity contribution < 1.29 is 18.7 Å². The molecular formula is C23H24FN5O3. The zero-order chi connectivity index (χ0) is 22.7. The molecule has 0 radical (unpaired) electrons. The van der Waals surface area contributed by atoms with E-state index < -0.39 is 5.82 Å². The molecule has 8 nitrogen and oxygen atoms in total. The Morgan fingerprint density at radius 1 is 1.19 bits per heavy atom. The third kappa shape index (κ3) is 4.56. The molecule has 1 amide bonds. The highest BCUT2D eigenvalue weighted by atomic mass is 19.1. The van der Waals surface area contributed by atoms with E-state index in [1.165, 1.54) is 12.1 Å². The maximum Gasteiger partial charge on any atom is 0.258 e. The van der Waals surface area contributed by atoms with E-state index in [0.29, 0.717) is 29.3 Å². The lowest BCUT2D eigenvalue weighted by atomic mass is 10.2. The number of hydrogen-bond donors (Lipinski definition) is 2. The van der Waals surface area contributed by atoms with Gasteiger partial charge < -0.3 is 14.8 Å². The first-order valence-electron chi connectivity index (χ1n) is 10.3.